The Morgan fingerprint density at radius 3 is 3.00 bits per heavy atom. The maximum Gasteiger partial charge on any atom is 0.146 e. The Kier molecular flexibility index (Phi) is 3.41. The number of halogens is 1. The number of nitrogens with zero attached hydrogens (tertiary/aromatic N) is 1. The average Bonchev–Trinajstić information content (AvgIpc) is 2.28. The predicted octanol–water partition coefficient (Wildman–Crippen LogP) is 1.54. The zero-order valence-corrected chi connectivity index (χ0v) is 9.32. The molecule has 1 N–H and O–H groups in total. The molecule has 0 aromatic heterocycles. The van der Waals surface area contributed by atoms with E-state index in [2.05, 4.69) is 0 Å². The van der Waals surface area contributed by atoms with Crippen LogP contribution in [0.2, 0.25) is 0 Å². The summed E-state index contributed by atoms with van der Waals surface area (Å²) in [6, 6.07) is 4.85. The van der Waals surface area contributed by atoms with Crippen molar-refractivity contribution < 1.29 is 14.2 Å². The molecule has 16 heavy (non-hydrogen) atoms. The van der Waals surface area contributed by atoms with Crippen molar-refractivity contribution in [3.05, 3.63) is 29.6 Å². The number of anilines is 1. The Balaban J connectivity index is 2.19. The van der Waals surface area contributed by atoms with E-state index in [1.807, 2.05) is 11.8 Å². The van der Waals surface area contributed by atoms with Crippen molar-refractivity contribution in [1.29, 1.82) is 0 Å². The number of aliphatic hydroxyl groups excluding tert-OH is 1. The van der Waals surface area contributed by atoms with Crippen molar-refractivity contribution >= 4 is 5.69 Å². The van der Waals surface area contributed by atoms with Crippen LogP contribution in [0.5, 0.6) is 0 Å². The lowest BCUT2D eigenvalue weighted by Gasteiger charge is -2.33. The first-order chi connectivity index (χ1) is 7.70. The van der Waals surface area contributed by atoms with Crippen LogP contribution in [0.1, 0.15) is 12.5 Å². The van der Waals surface area contributed by atoms with Gasteiger partial charge in [-0.15, -0.1) is 0 Å². The topological polar surface area (TPSA) is 32.7 Å². The third-order valence-electron chi connectivity index (χ3n) is 2.78. The van der Waals surface area contributed by atoms with Crippen molar-refractivity contribution in [1.82, 2.24) is 0 Å². The maximum atomic E-state index is 13.8. The Labute approximate surface area is 94.4 Å². The third kappa shape index (κ3) is 2.33. The van der Waals surface area contributed by atoms with E-state index in [-0.39, 0.29) is 18.5 Å². The highest BCUT2D eigenvalue weighted by Crippen LogP contribution is 2.22. The van der Waals surface area contributed by atoms with Gasteiger partial charge in [0.1, 0.15) is 5.82 Å². The van der Waals surface area contributed by atoms with Gasteiger partial charge in [0.2, 0.25) is 0 Å². The van der Waals surface area contributed by atoms with Gasteiger partial charge >= 0.3 is 0 Å². The summed E-state index contributed by atoms with van der Waals surface area (Å²) in [5.74, 6) is -0.277. The van der Waals surface area contributed by atoms with E-state index in [1.165, 1.54) is 6.07 Å². The average molecular weight is 225 g/mol. The van der Waals surface area contributed by atoms with Gasteiger partial charge in [-0.2, -0.15) is 0 Å². The van der Waals surface area contributed by atoms with Gasteiger partial charge in [-0.25, -0.2) is 4.39 Å². The molecule has 1 unspecified atom stereocenters. The molecule has 88 valence electrons. The number of morpholine rings is 1. The van der Waals surface area contributed by atoms with Crippen LogP contribution < -0.4 is 4.90 Å². The van der Waals surface area contributed by atoms with E-state index in [0.29, 0.717) is 30.9 Å². The Bertz CT molecular complexity index is 370. The first kappa shape index (κ1) is 11.4. The molecule has 1 aliphatic heterocycles. The molecule has 1 fully saturated rings. The molecule has 0 aliphatic carbocycles. The van der Waals surface area contributed by atoms with E-state index in [0.717, 1.165) is 0 Å². The summed E-state index contributed by atoms with van der Waals surface area (Å²) in [5.41, 5.74) is 1.19. The minimum Gasteiger partial charge on any atom is -0.392 e. The molecule has 0 spiro atoms. The molecule has 2 rings (SSSR count). The summed E-state index contributed by atoms with van der Waals surface area (Å²) in [6.07, 6.45) is 0.130. The summed E-state index contributed by atoms with van der Waals surface area (Å²) in [4.78, 5) is 1.98. The quantitative estimate of drug-likeness (QED) is 0.828. The van der Waals surface area contributed by atoms with Crippen LogP contribution in [0, 0.1) is 5.82 Å². The largest absolute Gasteiger partial charge is 0.392 e. The Morgan fingerprint density at radius 2 is 2.38 bits per heavy atom. The lowest BCUT2D eigenvalue weighted by atomic mass is 10.1. The maximum absolute atomic E-state index is 13.8. The van der Waals surface area contributed by atoms with Crippen LogP contribution in [0.4, 0.5) is 10.1 Å². The number of rotatable bonds is 2. The van der Waals surface area contributed by atoms with Crippen molar-refractivity contribution in [2.75, 3.05) is 24.6 Å². The van der Waals surface area contributed by atoms with Crippen LogP contribution in [0.25, 0.3) is 0 Å². The first-order valence-corrected chi connectivity index (χ1v) is 5.46. The molecule has 1 heterocycles. The van der Waals surface area contributed by atoms with Gasteiger partial charge < -0.3 is 14.7 Å². The van der Waals surface area contributed by atoms with Gasteiger partial charge in [0, 0.05) is 13.1 Å². The van der Waals surface area contributed by atoms with Crippen LogP contribution >= 0.6 is 0 Å². The van der Waals surface area contributed by atoms with Crippen molar-refractivity contribution in [3.8, 4) is 0 Å². The van der Waals surface area contributed by atoms with Crippen LogP contribution in [0.15, 0.2) is 18.2 Å². The lowest BCUT2D eigenvalue weighted by molar-refractivity contribution is 0.0530. The summed E-state index contributed by atoms with van der Waals surface area (Å²) in [5, 5.41) is 8.91. The van der Waals surface area contributed by atoms with E-state index in [4.69, 9.17) is 9.84 Å². The third-order valence-corrected chi connectivity index (χ3v) is 2.78. The number of hydrogen-bond acceptors (Lipinski definition) is 3. The molecule has 1 aliphatic rings. The standard InChI is InChI=1S/C12H16FNO2/c1-9-7-14(4-5-16-9)12-3-2-10(8-15)6-11(12)13/h2-3,6,9,15H,4-5,7-8H2,1H3. The van der Waals surface area contributed by atoms with Crippen molar-refractivity contribution in [3.63, 3.8) is 0 Å². The number of ether oxygens (including phenoxy) is 1. The monoisotopic (exact) mass is 225 g/mol. The minimum absolute atomic E-state index is 0.128. The number of benzene rings is 1. The second-order valence-corrected chi connectivity index (χ2v) is 4.07. The Morgan fingerprint density at radius 1 is 1.56 bits per heavy atom. The number of hydrogen-bond donors (Lipinski definition) is 1. The molecule has 1 aromatic rings. The zero-order chi connectivity index (χ0) is 11.5. The zero-order valence-electron chi connectivity index (χ0n) is 9.32. The molecular formula is C12H16FNO2. The van der Waals surface area contributed by atoms with Gasteiger partial charge in [0.05, 0.1) is 25.0 Å². The Hall–Kier alpha value is -1.13. The molecule has 0 amide bonds. The second-order valence-electron chi connectivity index (χ2n) is 4.07. The van der Waals surface area contributed by atoms with E-state index in [1.54, 1.807) is 12.1 Å². The van der Waals surface area contributed by atoms with Gasteiger partial charge in [-0.1, -0.05) is 6.07 Å². The molecular weight excluding hydrogens is 209 g/mol. The predicted molar refractivity (Wildman–Crippen MR) is 59.9 cm³/mol. The van der Waals surface area contributed by atoms with Gasteiger partial charge in [-0.3, -0.25) is 0 Å². The van der Waals surface area contributed by atoms with Crippen molar-refractivity contribution in [2.24, 2.45) is 0 Å². The highest BCUT2D eigenvalue weighted by Gasteiger charge is 2.19. The fraction of sp³-hybridized carbons (Fsp3) is 0.500. The van der Waals surface area contributed by atoms with Crippen LogP contribution in [0.3, 0.4) is 0 Å². The van der Waals surface area contributed by atoms with E-state index >= 15 is 0 Å². The first-order valence-electron chi connectivity index (χ1n) is 5.46. The minimum atomic E-state index is -0.277. The smallest absolute Gasteiger partial charge is 0.146 e. The highest BCUT2D eigenvalue weighted by molar-refractivity contribution is 5.49. The van der Waals surface area contributed by atoms with E-state index in [9.17, 15) is 4.39 Å². The van der Waals surface area contributed by atoms with Gasteiger partial charge in [-0.05, 0) is 24.6 Å². The highest BCUT2D eigenvalue weighted by atomic mass is 19.1. The molecule has 0 radical (unpaired) electrons. The number of aliphatic hydroxyl groups is 1. The normalized spacial score (nSPS) is 21.2. The summed E-state index contributed by atoms with van der Waals surface area (Å²) in [7, 11) is 0. The van der Waals surface area contributed by atoms with Gasteiger partial charge in [0.15, 0.2) is 0 Å². The van der Waals surface area contributed by atoms with Crippen LogP contribution in [-0.2, 0) is 11.3 Å². The molecule has 4 heteroatoms. The fourth-order valence-corrected chi connectivity index (χ4v) is 1.94. The van der Waals surface area contributed by atoms with Crippen LogP contribution in [-0.4, -0.2) is 30.9 Å². The van der Waals surface area contributed by atoms with Gasteiger partial charge in [0.25, 0.3) is 0 Å². The SMILES string of the molecule is CC1CN(c2ccc(CO)cc2F)CCO1. The molecule has 1 aromatic carbocycles. The van der Waals surface area contributed by atoms with Crippen molar-refractivity contribution in [2.45, 2.75) is 19.6 Å². The molecule has 3 nitrogen and oxygen atoms in total. The molecule has 1 atom stereocenters. The summed E-state index contributed by atoms with van der Waals surface area (Å²) < 4.78 is 19.2. The second kappa shape index (κ2) is 4.80. The van der Waals surface area contributed by atoms with E-state index < -0.39 is 0 Å². The summed E-state index contributed by atoms with van der Waals surface area (Å²) in [6.45, 7) is 3.89. The molecule has 1 saturated heterocycles. The summed E-state index contributed by atoms with van der Waals surface area (Å²) >= 11 is 0. The lowest BCUT2D eigenvalue weighted by Crippen LogP contribution is -2.41. The molecule has 0 saturated carbocycles. The molecule has 0 bridgehead atoms. The fourth-order valence-electron chi connectivity index (χ4n) is 1.94.